The summed E-state index contributed by atoms with van der Waals surface area (Å²) in [5.41, 5.74) is 5.51. The molecule has 1 saturated heterocycles. The molecule has 1 aliphatic heterocycles. The van der Waals surface area contributed by atoms with Gasteiger partial charge in [0.15, 0.2) is 0 Å². The van der Waals surface area contributed by atoms with Gasteiger partial charge in [-0.3, -0.25) is 0 Å². The number of alkyl halides is 3. The minimum atomic E-state index is -4.36. The lowest BCUT2D eigenvalue weighted by Gasteiger charge is -2.24. The Labute approximate surface area is 123 Å². The highest BCUT2D eigenvalue weighted by Crippen LogP contribution is 2.34. The first-order chi connectivity index (χ1) is 9.81. The molecule has 1 aromatic carbocycles. The molecule has 2 N–H and O–H groups in total. The number of anilines is 1. The van der Waals surface area contributed by atoms with Gasteiger partial charge in [0, 0.05) is 32.4 Å². The van der Waals surface area contributed by atoms with Gasteiger partial charge in [-0.2, -0.15) is 13.2 Å². The van der Waals surface area contributed by atoms with Gasteiger partial charge in [0.05, 0.1) is 5.56 Å². The van der Waals surface area contributed by atoms with E-state index in [2.05, 4.69) is 11.9 Å². The molecule has 0 radical (unpaired) electrons. The van der Waals surface area contributed by atoms with Crippen LogP contribution in [0.2, 0.25) is 0 Å². The Morgan fingerprint density at radius 1 is 1.38 bits per heavy atom. The Hall–Kier alpha value is -1.27. The summed E-state index contributed by atoms with van der Waals surface area (Å²) >= 11 is 0. The van der Waals surface area contributed by atoms with Gasteiger partial charge in [-0.15, -0.1) is 0 Å². The van der Waals surface area contributed by atoms with Crippen LogP contribution in [-0.2, 0) is 12.7 Å². The highest BCUT2D eigenvalue weighted by atomic mass is 19.4. The van der Waals surface area contributed by atoms with Crippen LogP contribution in [0.4, 0.5) is 18.9 Å². The number of halogens is 3. The van der Waals surface area contributed by atoms with E-state index in [9.17, 15) is 13.2 Å². The molecule has 2 rings (SSSR count). The zero-order chi connectivity index (χ0) is 15.6. The van der Waals surface area contributed by atoms with Gasteiger partial charge in [-0.1, -0.05) is 6.07 Å². The lowest BCUT2D eigenvalue weighted by molar-refractivity contribution is -0.138. The predicted molar refractivity (Wildman–Crippen MR) is 78.2 cm³/mol. The van der Waals surface area contributed by atoms with Crippen LogP contribution in [0.3, 0.4) is 0 Å². The third-order valence-corrected chi connectivity index (χ3v) is 4.08. The van der Waals surface area contributed by atoms with Crippen molar-refractivity contribution in [3.8, 4) is 0 Å². The second kappa shape index (κ2) is 6.23. The van der Waals surface area contributed by atoms with Crippen LogP contribution in [0.15, 0.2) is 18.2 Å². The summed E-state index contributed by atoms with van der Waals surface area (Å²) in [7, 11) is 3.91. The molecule has 0 bridgehead atoms. The van der Waals surface area contributed by atoms with E-state index in [0.29, 0.717) is 11.6 Å². The molecule has 118 valence electrons. The Bertz CT molecular complexity index is 488. The van der Waals surface area contributed by atoms with Crippen molar-refractivity contribution in [3.05, 3.63) is 29.3 Å². The van der Waals surface area contributed by atoms with E-state index in [4.69, 9.17) is 5.73 Å². The first-order valence-corrected chi connectivity index (χ1v) is 7.11. The number of hydrogen-bond donors (Lipinski definition) is 1. The van der Waals surface area contributed by atoms with Crippen LogP contribution in [0, 0.1) is 5.92 Å². The SMILES string of the molecule is CN1CCC(CN(C)c2ccc(CN)c(C(F)(F)F)c2)C1. The summed E-state index contributed by atoms with van der Waals surface area (Å²) in [6.45, 7) is 2.71. The Morgan fingerprint density at radius 3 is 2.62 bits per heavy atom. The van der Waals surface area contributed by atoms with Gasteiger partial charge in [0.2, 0.25) is 0 Å². The Balaban J connectivity index is 2.16. The van der Waals surface area contributed by atoms with E-state index in [0.717, 1.165) is 26.1 Å². The molecule has 21 heavy (non-hydrogen) atoms. The van der Waals surface area contributed by atoms with Crippen molar-refractivity contribution in [2.24, 2.45) is 11.7 Å². The lowest BCUT2D eigenvalue weighted by atomic mass is 10.0. The van der Waals surface area contributed by atoms with Crippen molar-refractivity contribution in [1.29, 1.82) is 0 Å². The van der Waals surface area contributed by atoms with Crippen LogP contribution in [0.1, 0.15) is 17.5 Å². The molecular formula is C15H22F3N3. The molecule has 6 heteroatoms. The van der Waals surface area contributed by atoms with E-state index in [1.54, 1.807) is 6.07 Å². The molecule has 0 saturated carbocycles. The molecular weight excluding hydrogens is 279 g/mol. The predicted octanol–water partition coefficient (Wildman–Crippen LogP) is 2.55. The van der Waals surface area contributed by atoms with E-state index in [1.165, 1.54) is 12.1 Å². The summed E-state index contributed by atoms with van der Waals surface area (Å²) in [6.07, 6.45) is -3.27. The summed E-state index contributed by atoms with van der Waals surface area (Å²) in [5.74, 6) is 0.503. The van der Waals surface area contributed by atoms with Crippen molar-refractivity contribution < 1.29 is 13.2 Å². The smallest absolute Gasteiger partial charge is 0.374 e. The van der Waals surface area contributed by atoms with E-state index in [1.807, 2.05) is 11.9 Å². The fourth-order valence-corrected chi connectivity index (χ4v) is 2.91. The normalized spacial score (nSPS) is 20.0. The number of nitrogens with zero attached hydrogens (tertiary/aromatic N) is 2. The molecule has 0 amide bonds. The average Bonchev–Trinajstić information content (AvgIpc) is 2.82. The molecule has 0 aliphatic carbocycles. The number of benzene rings is 1. The maximum atomic E-state index is 13.1. The zero-order valence-corrected chi connectivity index (χ0v) is 12.5. The number of rotatable bonds is 4. The molecule has 1 aromatic rings. The fourth-order valence-electron chi connectivity index (χ4n) is 2.91. The topological polar surface area (TPSA) is 32.5 Å². The van der Waals surface area contributed by atoms with Crippen LogP contribution in [-0.4, -0.2) is 38.6 Å². The van der Waals surface area contributed by atoms with E-state index >= 15 is 0 Å². The quantitative estimate of drug-likeness (QED) is 0.927. The zero-order valence-electron chi connectivity index (χ0n) is 12.5. The highest BCUT2D eigenvalue weighted by Gasteiger charge is 2.33. The van der Waals surface area contributed by atoms with Crippen molar-refractivity contribution in [2.45, 2.75) is 19.1 Å². The van der Waals surface area contributed by atoms with Gasteiger partial charge < -0.3 is 15.5 Å². The van der Waals surface area contributed by atoms with Crippen molar-refractivity contribution in [1.82, 2.24) is 4.90 Å². The second-order valence-electron chi connectivity index (χ2n) is 5.84. The summed E-state index contributed by atoms with van der Waals surface area (Å²) in [6, 6.07) is 4.41. The van der Waals surface area contributed by atoms with Crippen LogP contribution in [0.5, 0.6) is 0 Å². The van der Waals surface area contributed by atoms with Gasteiger partial charge in [0.1, 0.15) is 0 Å². The largest absolute Gasteiger partial charge is 0.416 e. The Kier molecular flexibility index (Phi) is 4.78. The molecule has 3 nitrogen and oxygen atoms in total. The highest BCUT2D eigenvalue weighted by molar-refractivity contribution is 5.51. The maximum Gasteiger partial charge on any atom is 0.416 e. The first kappa shape index (κ1) is 16.1. The molecule has 1 atom stereocenters. The number of nitrogens with two attached hydrogens (primary N) is 1. The lowest BCUT2D eigenvalue weighted by Crippen LogP contribution is -2.27. The van der Waals surface area contributed by atoms with E-state index in [-0.39, 0.29) is 12.1 Å². The molecule has 1 heterocycles. The monoisotopic (exact) mass is 301 g/mol. The fraction of sp³-hybridized carbons (Fsp3) is 0.600. The molecule has 0 aromatic heterocycles. The second-order valence-corrected chi connectivity index (χ2v) is 5.84. The molecule has 1 fully saturated rings. The molecule has 1 unspecified atom stereocenters. The number of likely N-dealkylation sites (tertiary alicyclic amines) is 1. The van der Waals surface area contributed by atoms with Crippen LogP contribution >= 0.6 is 0 Å². The maximum absolute atomic E-state index is 13.1. The minimum Gasteiger partial charge on any atom is -0.374 e. The van der Waals surface area contributed by atoms with E-state index < -0.39 is 11.7 Å². The standard InChI is InChI=1S/C15H22F3N3/c1-20-6-5-11(9-20)10-21(2)13-4-3-12(8-19)14(7-13)15(16,17)18/h3-4,7,11H,5-6,8-10,19H2,1-2H3. The van der Waals surface area contributed by atoms with Gasteiger partial charge in [0.25, 0.3) is 0 Å². The Morgan fingerprint density at radius 2 is 2.10 bits per heavy atom. The van der Waals surface area contributed by atoms with Gasteiger partial charge >= 0.3 is 6.18 Å². The van der Waals surface area contributed by atoms with Crippen molar-refractivity contribution in [3.63, 3.8) is 0 Å². The van der Waals surface area contributed by atoms with Gasteiger partial charge in [-0.25, -0.2) is 0 Å². The minimum absolute atomic E-state index is 0.105. The molecule has 0 spiro atoms. The summed E-state index contributed by atoms with van der Waals surface area (Å²) < 4.78 is 39.2. The molecule has 1 aliphatic rings. The first-order valence-electron chi connectivity index (χ1n) is 7.11. The third-order valence-electron chi connectivity index (χ3n) is 4.08. The van der Waals surface area contributed by atoms with Crippen molar-refractivity contribution in [2.75, 3.05) is 38.6 Å². The summed E-state index contributed by atoms with van der Waals surface area (Å²) in [4.78, 5) is 4.15. The summed E-state index contributed by atoms with van der Waals surface area (Å²) in [5, 5.41) is 0. The number of hydrogen-bond acceptors (Lipinski definition) is 3. The average molecular weight is 301 g/mol. The third kappa shape index (κ3) is 3.89. The van der Waals surface area contributed by atoms with Crippen molar-refractivity contribution >= 4 is 5.69 Å². The van der Waals surface area contributed by atoms with Gasteiger partial charge in [-0.05, 0) is 43.6 Å². The van der Waals surface area contributed by atoms with Crippen LogP contribution in [0.25, 0.3) is 0 Å². The van der Waals surface area contributed by atoms with Crippen LogP contribution < -0.4 is 10.6 Å².